The number of nitrogens with two attached hydrogens (primary N) is 1. The average molecular weight is 237 g/mol. The lowest BCUT2D eigenvalue weighted by atomic mass is 10.0. The minimum absolute atomic E-state index is 0. The van der Waals surface area contributed by atoms with Crippen molar-refractivity contribution in [1.82, 2.24) is 4.90 Å². The zero-order chi connectivity index (χ0) is 11.0. The normalized spacial score (nSPS) is 17.9. The van der Waals surface area contributed by atoms with E-state index in [0.717, 1.165) is 19.3 Å². The second-order valence-corrected chi connectivity index (χ2v) is 5.05. The fourth-order valence-electron chi connectivity index (χ4n) is 2.20. The number of carbonyl (C=O) groups is 1. The number of hydrogen-bond acceptors (Lipinski definition) is 2. The second kappa shape index (κ2) is 4.58. The predicted molar refractivity (Wildman–Crippen MR) is 62.5 cm³/mol. The molecule has 4 nitrogen and oxygen atoms in total. The van der Waals surface area contributed by atoms with Gasteiger partial charge in [-0.2, -0.15) is 0 Å². The van der Waals surface area contributed by atoms with Gasteiger partial charge in [-0.3, -0.25) is 4.90 Å². The Morgan fingerprint density at radius 2 is 1.93 bits per heavy atom. The molecule has 0 saturated heterocycles. The van der Waals surface area contributed by atoms with Crippen LogP contribution in [0, 0.1) is 0 Å². The topological polar surface area (TPSA) is 66.6 Å². The van der Waals surface area contributed by atoms with Crippen LogP contribution in [-0.2, 0) is 0 Å². The first-order chi connectivity index (χ1) is 6.33. The van der Waals surface area contributed by atoms with Crippen LogP contribution < -0.4 is 5.73 Å². The molecule has 5 heteroatoms. The molecule has 90 valence electrons. The smallest absolute Gasteiger partial charge is 0.408 e. The van der Waals surface area contributed by atoms with E-state index in [4.69, 9.17) is 5.73 Å². The maximum Gasteiger partial charge on any atom is 0.408 e. The summed E-state index contributed by atoms with van der Waals surface area (Å²) in [6.07, 6.45) is 1.85. The van der Waals surface area contributed by atoms with Crippen LogP contribution in [0.4, 0.5) is 4.79 Å². The van der Waals surface area contributed by atoms with Crippen molar-refractivity contribution in [1.29, 1.82) is 0 Å². The van der Waals surface area contributed by atoms with E-state index in [1.165, 1.54) is 0 Å². The van der Waals surface area contributed by atoms with Crippen molar-refractivity contribution in [3.63, 3.8) is 0 Å². The third kappa shape index (κ3) is 2.98. The predicted octanol–water partition coefficient (Wildman–Crippen LogP) is 2.07. The lowest BCUT2D eigenvalue weighted by molar-refractivity contribution is 0.0582. The van der Waals surface area contributed by atoms with E-state index < -0.39 is 6.09 Å². The van der Waals surface area contributed by atoms with Gasteiger partial charge in [0, 0.05) is 11.1 Å². The minimum atomic E-state index is -0.830. The Bertz CT molecular complexity index is 234. The average Bonchev–Trinajstić information content (AvgIpc) is 2.65. The first-order valence-electron chi connectivity index (χ1n) is 5.07. The molecule has 1 aliphatic rings. The molecule has 0 aliphatic heterocycles. The molecule has 0 aromatic rings. The van der Waals surface area contributed by atoms with E-state index >= 15 is 0 Å². The third-order valence-electron chi connectivity index (χ3n) is 2.77. The first-order valence-corrected chi connectivity index (χ1v) is 5.07. The first kappa shape index (κ1) is 14.5. The number of nitrogens with zero attached hydrogens (tertiary/aromatic N) is 1. The summed E-state index contributed by atoms with van der Waals surface area (Å²) in [5, 5.41) is 9.20. The minimum Gasteiger partial charge on any atom is -0.465 e. The zero-order valence-corrected chi connectivity index (χ0v) is 10.4. The number of halogens is 1. The molecule has 0 atom stereocenters. The summed E-state index contributed by atoms with van der Waals surface area (Å²) < 4.78 is 0. The summed E-state index contributed by atoms with van der Waals surface area (Å²) in [5.74, 6) is 0. The van der Waals surface area contributed by atoms with Crippen molar-refractivity contribution >= 4 is 18.5 Å². The van der Waals surface area contributed by atoms with Crippen LogP contribution in [0.5, 0.6) is 0 Å². The summed E-state index contributed by atoms with van der Waals surface area (Å²) in [5.41, 5.74) is 5.01. The Morgan fingerprint density at radius 1 is 1.47 bits per heavy atom. The molecular formula is C10H21ClN2O2. The highest BCUT2D eigenvalue weighted by Gasteiger charge is 2.53. The fraction of sp³-hybridized carbons (Fsp3) is 0.900. The van der Waals surface area contributed by atoms with Gasteiger partial charge in [-0.25, -0.2) is 4.79 Å². The van der Waals surface area contributed by atoms with Crippen LogP contribution in [0.15, 0.2) is 0 Å². The van der Waals surface area contributed by atoms with E-state index in [0.29, 0.717) is 6.54 Å². The van der Waals surface area contributed by atoms with Gasteiger partial charge < -0.3 is 10.8 Å². The maximum absolute atomic E-state index is 11.2. The number of hydrogen-bond donors (Lipinski definition) is 2. The van der Waals surface area contributed by atoms with Gasteiger partial charge in [0.25, 0.3) is 0 Å². The Labute approximate surface area is 97.2 Å². The summed E-state index contributed by atoms with van der Waals surface area (Å²) in [4.78, 5) is 12.8. The molecule has 1 aliphatic carbocycles. The van der Waals surface area contributed by atoms with E-state index in [9.17, 15) is 9.90 Å². The Hall–Kier alpha value is -0.480. The van der Waals surface area contributed by atoms with Gasteiger partial charge in [0.15, 0.2) is 0 Å². The van der Waals surface area contributed by atoms with Crippen LogP contribution in [0.25, 0.3) is 0 Å². The van der Waals surface area contributed by atoms with Crippen molar-refractivity contribution in [2.24, 2.45) is 5.73 Å². The summed E-state index contributed by atoms with van der Waals surface area (Å²) in [6, 6.07) is 0. The van der Waals surface area contributed by atoms with Crippen molar-refractivity contribution in [3.05, 3.63) is 0 Å². The van der Waals surface area contributed by atoms with Gasteiger partial charge in [0.1, 0.15) is 0 Å². The molecule has 0 heterocycles. The summed E-state index contributed by atoms with van der Waals surface area (Å²) in [7, 11) is 0. The molecule has 0 aromatic heterocycles. The molecule has 0 aromatic carbocycles. The van der Waals surface area contributed by atoms with E-state index in [2.05, 4.69) is 0 Å². The quantitative estimate of drug-likeness (QED) is 0.789. The van der Waals surface area contributed by atoms with Crippen molar-refractivity contribution in [3.8, 4) is 0 Å². The molecule has 15 heavy (non-hydrogen) atoms. The van der Waals surface area contributed by atoms with E-state index in [1.54, 1.807) is 4.90 Å². The van der Waals surface area contributed by atoms with Gasteiger partial charge in [-0.1, -0.05) is 0 Å². The van der Waals surface area contributed by atoms with Gasteiger partial charge in [0.2, 0.25) is 0 Å². The molecule has 1 rings (SSSR count). The largest absolute Gasteiger partial charge is 0.465 e. The lowest BCUT2D eigenvalue weighted by Crippen LogP contribution is -2.53. The van der Waals surface area contributed by atoms with Crippen LogP contribution in [0.3, 0.4) is 0 Å². The highest BCUT2D eigenvalue weighted by atomic mass is 35.5. The van der Waals surface area contributed by atoms with Crippen molar-refractivity contribution in [2.45, 2.75) is 51.1 Å². The van der Waals surface area contributed by atoms with Crippen LogP contribution in [0.1, 0.15) is 40.0 Å². The Kier molecular flexibility index (Phi) is 4.43. The maximum atomic E-state index is 11.2. The van der Waals surface area contributed by atoms with Crippen molar-refractivity contribution < 1.29 is 9.90 Å². The number of carboxylic acid groups (broad SMARTS) is 1. The molecule has 3 N–H and O–H groups in total. The van der Waals surface area contributed by atoms with E-state index in [1.807, 2.05) is 20.8 Å². The molecule has 0 unspecified atom stereocenters. The molecular weight excluding hydrogens is 216 g/mol. The van der Waals surface area contributed by atoms with Gasteiger partial charge in [0.05, 0.1) is 0 Å². The third-order valence-corrected chi connectivity index (χ3v) is 2.77. The number of rotatable bonds is 3. The number of amides is 1. The monoisotopic (exact) mass is 236 g/mol. The highest BCUT2D eigenvalue weighted by Crippen LogP contribution is 2.47. The fourth-order valence-corrected chi connectivity index (χ4v) is 2.20. The molecule has 1 saturated carbocycles. The SMILES string of the molecule is CC(C)(C)N(C(=O)O)C1(CCN)CC1.Cl. The molecule has 1 amide bonds. The zero-order valence-electron chi connectivity index (χ0n) is 9.62. The summed E-state index contributed by atoms with van der Waals surface area (Å²) in [6.45, 7) is 6.34. The molecule has 0 bridgehead atoms. The Balaban J connectivity index is 0.00000196. The summed E-state index contributed by atoms with van der Waals surface area (Å²) >= 11 is 0. The van der Waals surface area contributed by atoms with Gasteiger partial charge in [-0.15, -0.1) is 12.4 Å². The highest BCUT2D eigenvalue weighted by molar-refractivity contribution is 5.85. The van der Waals surface area contributed by atoms with Gasteiger partial charge >= 0.3 is 6.09 Å². The second-order valence-electron chi connectivity index (χ2n) is 5.05. The molecule has 0 radical (unpaired) electrons. The van der Waals surface area contributed by atoms with E-state index in [-0.39, 0.29) is 23.5 Å². The van der Waals surface area contributed by atoms with Crippen LogP contribution >= 0.6 is 12.4 Å². The molecule has 1 fully saturated rings. The Morgan fingerprint density at radius 3 is 2.13 bits per heavy atom. The lowest BCUT2D eigenvalue weighted by Gasteiger charge is -2.40. The molecule has 0 spiro atoms. The van der Waals surface area contributed by atoms with Crippen molar-refractivity contribution in [2.75, 3.05) is 6.54 Å². The standard InChI is InChI=1S/C10H20N2O2.ClH/c1-9(2,3)12(8(13)14)10(4-5-10)6-7-11;/h4-7,11H2,1-3H3,(H,13,14);1H. The van der Waals surface area contributed by atoms with Crippen LogP contribution in [0.2, 0.25) is 0 Å². The van der Waals surface area contributed by atoms with Crippen LogP contribution in [-0.4, -0.2) is 33.7 Å². The van der Waals surface area contributed by atoms with Gasteiger partial charge in [-0.05, 0) is 46.6 Å².